The highest BCUT2D eigenvalue weighted by atomic mass is 16.3. The summed E-state index contributed by atoms with van der Waals surface area (Å²) in [6.45, 7) is 4.27. The summed E-state index contributed by atoms with van der Waals surface area (Å²) >= 11 is 0. The van der Waals surface area contributed by atoms with Gasteiger partial charge in [-0.05, 0) is 44.0 Å². The number of nitrogens with one attached hydrogen (secondary N) is 2. The molecule has 5 rings (SSSR count). The minimum atomic E-state index is -0.314. The molecule has 172 valence electrons. The quantitative estimate of drug-likeness (QED) is 0.452. The van der Waals surface area contributed by atoms with Gasteiger partial charge in [0.1, 0.15) is 23.6 Å². The van der Waals surface area contributed by atoms with Crippen LogP contribution in [0.25, 0.3) is 21.8 Å². The number of aromatic nitrogens is 3. The second-order valence-electron chi connectivity index (χ2n) is 8.74. The molecule has 0 unspecified atom stereocenters. The Kier molecular flexibility index (Phi) is 6.00. The zero-order valence-electron chi connectivity index (χ0n) is 18.8. The molecule has 0 radical (unpaired) electrons. The van der Waals surface area contributed by atoms with Gasteiger partial charge in [-0.1, -0.05) is 31.5 Å². The number of H-pyrrole nitrogens is 1. The van der Waals surface area contributed by atoms with Gasteiger partial charge >= 0.3 is 0 Å². The van der Waals surface area contributed by atoms with Gasteiger partial charge in [-0.15, -0.1) is 0 Å². The lowest BCUT2D eigenvalue weighted by Gasteiger charge is -2.34. The van der Waals surface area contributed by atoms with Crippen LogP contribution in [0.5, 0.6) is 0 Å². The summed E-state index contributed by atoms with van der Waals surface area (Å²) in [5, 5.41) is 8.73. The third kappa shape index (κ3) is 4.43. The van der Waals surface area contributed by atoms with Crippen molar-refractivity contribution in [2.24, 2.45) is 0 Å². The lowest BCUT2D eigenvalue weighted by atomic mass is 10.00. The number of amides is 1. The van der Waals surface area contributed by atoms with Crippen molar-refractivity contribution in [1.82, 2.24) is 25.0 Å². The zero-order chi connectivity index (χ0) is 22.8. The fourth-order valence-corrected chi connectivity index (χ4v) is 4.80. The number of carbonyl (C=O) groups excluding carboxylic acids is 1. The van der Waals surface area contributed by atoms with Crippen LogP contribution in [0, 0.1) is 0 Å². The van der Waals surface area contributed by atoms with Crippen molar-refractivity contribution in [3.05, 3.63) is 64.5 Å². The first-order chi connectivity index (χ1) is 16.1. The fourth-order valence-electron chi connectivity index (χ4n) is 4.80. The van der Waals surface area contributed by atoms with E-state index in [1.807, 2.05) is 36.4 Å². The predicted octanol–water partition coefficient (Wildman–Crippen LogP) is 3.55. The average Bonchev–Trinajstić information content (AvgIpc) is 3.44. The minimum Gasteiger partial charge on any atom is -0.463 e. The molecule has 1 saturated heterocycles. The van der Waals surface area contributed by atoms with Crippen LogP contribution in [0.3, 0.4) is 0 Å². The number of nitrogens with zero attached hydrogens (tertiary/aromatic N) is 3. The number of hydrogen-bond donors (Lipinski definition) is 2. The molecule has 4 aromatic rings. The molecular formula is C25H29N5O3. The summed E-state index contributed by atoms with van der Waals surface area (Å²) in [5.74, 6) is 1.33. The first kappa shape index (κ1) is 21.5. The summed E-state index contributed by atoms with van der Waals surface area (Å²) in [5.41, 5.74) is 1.01. The molecule has 33 heavy (non-hydrogen) atoms. The molecule has 1 aliphatic rings. The third-order valence-corrected chi connectivity index (χ3v) is 6.57. The van der Waals surface area contributed by atoms with E-state index >= 15 is 0 Å². The number of piperidine rings is 1. The summed E-state index contributed by atoms with van der Waals surface area (Å²) in [6.07, 6.45) is 6.57. The van der Waals surface area contributed by atoms with Crippen LogP contribution in [0.2, 0.25) is 0 Å². The zero-order valence-corrected chi connectivity index (χ0v) is 18.8. The molecule has 8 heteroatoms. The highest BCUT2D eigenvalue weighted by Gasteiger charge is 2.22. The van der Waals surface area contributed by atoms with Crippen molar-refractivity contribution < 1.29 is 9.21 Å². The molecule has 1 atom stereocenters. The van der Waals surface area contributed by atoms with Gasteiger partial charge in [-0.3, -0.25) is 14.5 Å². The Morgan fingerprint density at radius 1 is 1.18 bits per heavy atom. The van der Waals surface area contributed by atoms with Gasteiger partial charge in [-0.2, -0.15) is 5.10 Å². The van der Waals surface area contributed by atoms with E-state index in [0.29, 0.717) is 17.3 Å². The van der Waals surface area contributed by atoms with E-state index in [1.165, 1.54) is 23.9 Å². The van der Waals surface area contributed by atoms with Gasteiger partial charge in [0.2, 0.25) is 5.91 Å². The highest BCUT2D eigenvalue weighted by Crippen LogP contribution is 2.23. The lowest BCUT2D eigenvalue weighted by Crippen LogP contribution is -2.38. The van der Waals surface area contributed by atoms with Crippen LogP contribution < -0.4 is 10.9 Å². The Labute approximate surface area is 191 Å². The summed E-state index contributed by atoms with van der Waals surface area (Å²) in [4.78, 5) is 30.9. The third-order valence-electron chi connectivity index (χ3n) is 6.57. The largest absolute Gasteiger partial charge is 0.463 e. The lowest BCUT2D eigenvalue weighted by molar-refractivity contribution is -0.122. The average molecular weight is 448 g/mol. The van der Waals surface area contributed by atoms with Crippen molar-refractivity contribution in [3.63, 3.8) is 0 Å². The number of fused-ring (bicyclic) bond motifs is 3. The number of carbonyl (C=O) groups is 1. The van der Waals surface area contributed by atoms with Crippen molar-refractivity contribution >= 4 is 27.7 Å². The Hall–Kier alpha value is -3.39. The molecule has 0 aliphatic carbocycles. The van der Waals surface area contributed by atoms with Gasteiger partial charge < -0.3 is 14.7 Å². The number of rotatable bonds is 7. The van der Waals surface area contributed by atoms with Crippen LogP contribution in [0.1, 0.15) is 44.1 Å². The molecule has 3 aromatic heterocycles. The summed E-state index contributed by atoms with van der Waals surface area (Å²) in [6, 6.07) is 12.2. The molecule has 1 amide bonds. The van der Waals surface area contributed by atoms with E-state index in [-0.39, 0.29) is 24.6 Å². The molecular weight excluding hydrogens is 418 g/mol. The van der Waals surface area contributed by atoms with Crippen LogP contribution >= 0.6 is 0 Å². The summed E-state index contributed by atoms with van der Waals surface area (Å²) < 4.78 is 7.13. The maximum absolute atomic E-state index is 12.8. The van der Waals surface area contributed by atoms with Crippen molar-refractivity contribution in [1.29, 1.82) is 0 Å². The van der Waals surface area contributed by atoms with Gasteiger partial charge in [0.15, 0.2) is 0 Å². The van der Waals surface area contributed by atoms with Crippen LogP contribution in [0.4, 0.5) is 0 Å². The van der Waals surface area contributed by atoms with E-state index in [4.69, 9.17) is 4.42 Å². The topological polar surface area (TPSA) is 96.2 Å². The first-order valence-corrected chi connectivity index (χ1v) is 11.7. The molecule has 0 spiro atoms. The molecule has 1 fully saturated rings. The Morgan fingerprint density at radius 2 is 2.03 bits per heavy atom. The molecule has 1 aromatic carbocycles. The van der Waals surface area contributed by atoms with Gasteiger partial charge in [-0.25, -0.2) is 4.68 Å². The predicted molar refractivity (Wildman–Crippen MR) is 127 cm³/mol. The maximum Gasteiger partial charge on any atom is 0.291 e. The molecule has 0 bridgehead atoms. The SMILES string of the molecule is CC[C@@H]1CCCCN1Cc1ccc(CNC(=O)Cn2ncc3c([nH]c4ccccc43)c2=O)o1. The van der Waals surface area contributed by atoms with Gasteiger partial charge in [0.05, 0.1) is 19.3 Å². The van der Waals surface area contributed by atoms with E-state index in [1.54, 1.807) is 6.20 Å². The van der Waals surface area contributed by atoms with Gasteiger partial charge in [0, 0.05) is 22.3 Å². The molecule has 0 saturated carbocycles. The second-order valence-corrected chi connectivity index (χ2v) is 8.74. The number of benzene rings is 1. The fraction of sp³-hybridized carbons (Fsp3) is 0.400. The van der Waals surface area contributed by atoms with E-state index in [9.17, 15) is 9.59 Å². The van der Waals surface area contributed by atoms with Crippen LogP contribution in [0.15, 0.2) is 51.8 Å². The van der Waals surface area contributed by atoms with Crippen molar-refractivity contribution in [3.8, 4) is 0 Å². The number of para-hydroxylation sites is 1. The number of hydrogen-bond acceptors (Lipinski definition) is 5. The van der Waals surface area contributed by atoms with E-state index in [2.05, 4.69) is 27.2 Å². The van der Waals surface area contributed by atoms with Crippen LogP contribution in [-0.4, -0.2) is 38.2 Å². The second kappa shape index (κ2) is 9.23. The van der Waals surface area contributed by atoms with Crippen molar-refractivity contribution in [2.45, 2.75) is 58.3 Å². The van der Waals surface area contributed by atoms with Crippen molar-refractivity contribution in [2.75, 3.05) is 6.54 Å². The molecule has 8 nitrogen and oxygen atoms in total. The monoisotopic (exact) mass is 447 g/mol. The van der Waals surface area contributed by atoms with E-state index < -0.39 is 0 Å². The minimum absolute atomic E-state index is 0.149. The van der Waals surface area contributed by atoms with E-state index in [0.717, 1.165) is 41.6 Å². The number of aromatic amines is 1. The highest BCUT2D eigenvalue weighted by molar-refractivity contribution is 6.06. The smallest absolute Gasteiger partial charge is 0.291 e. The molecule has 2 N–H and O–H groups in total. The molecule has 1 aliphatic heterocycles. The standard InChI is InChI=1S/C25H29N5O3/c1-2-17-7-5-6-12-29(17)15-19-11-10-18(33-19)13-26-23(31)16-30-25(32)24-21(14-27-30)20-8-3-4-9-22(20)28-24/h3-4,8-11,14,17,28H,2,5-7,12-13,15-16H2,1H3,(H,26,31)/t17-/m1/s1. The summed E-state index contributed by atoms with van der Waals surface area (Å²) in [7, 11) is 0. The number of furan rings is 1. The maximum atomic E-state index is 12.8. The van der Waals surface area contributed by atoms with Crippen LogP contribution in [-0.2, 0) is 24.4 Å². The Balaban J connectivity index is 1.21. The first-order valence-electron chi connectivity index (χ1n) is 11.7. The number of likely N-dealkylation sites (tertiary alicyclic amines) is 1. The Bertz CT molecular complexity index is 1330. The van der Waals surface area contributed by atoms with Gasteiger partial charge in [0.25, 0.3) is 5.56 Å². The normalized spacial score (nSPS) is 17.1. The molecule has 4 heterocycles. The Morgan fingerprint density at radius 3 is 2.91 bits per heavy atom.